The van der Waals surface area contributed by atoms with E-state index in [4.69, 9.17) is 4.74 Å². The van der Waals surface area contributed by atoms with Crippen molar-refractivity contribution in [1.29, 1.82) is 0 Å². The molecule has 0 saturated heterocycles. The summed E-state index contributed by atoms with van der Waals surface area (Å²) in [4.78, 5) is 29.3. The van der Waals surface area contributed by atoms with Crippen molar-refractivity contribution in [2.45, 2.75) is 22.4 Å². The number of nitrogens with one attached hydrogen (secondary N) is 1. The maximum absolute atomic E-state index is 13.2. The van der Waals surface area contributed by atoms with E-state index in [2.05, 4.69) is 10.3 Å². The Morgan fingerprint density at radius 3 is 2.42 bits per heavy atom. The lowest BCUT2D eigenvalue weighted by atomic mass is 9.99. The highest BCUT2D eigenvalue weighted by Crippen LogP contribution is 2.29. The Balaban J connectivity index is 2.05. The zero-order valence-corrected chi connectivity index (χ0v) is 19.9. The van der Waals surface area contributed by atoms with Crippen LogP contribution in [0.1, 0.15) is 16.8 Å². The number of ether oxygens (including phenoxy) is 1. The molecule has 0 spiro atoms. The Morgan fingerprint density at radius 1 is 1.06 bits per heavy atom. The van der Waals surface area contributed by atoms with Crippen molar-refractivity contribution in [2.24, 2.45) is 0 Å². The highest BCUT2D eigenvalue weighted by Gasteiger charge is 2.25. The first-order valence-electron chi connectivity index (χ1n) is 10.1. The molecule has 2 aromatic carbocycles. The first-order chi connectivity index (χ1) is 15.9. The molecular formula is C24H24N2O5S2. The van der Waals surface area contributed by atoms with Crippen LogP contribution in [0.3, 0.4) is 0 Å². The van der Waals surface area contributed by atoms with Crippen molar-refractivity contribution in [3.05, 3.63) is 78.5 Å². The highest BCUT2D eigenvalue weighted by molar-refractivity contribution is 7.98. The van der Waals surface area contributed by atoms with Crippen molar-refractivity contribution in [1.82, 2.24) is 10.3 Å². The van der Waals surface area contributed by atoms with E-state index >= 15 is 0 Å². The third-order valence-corrected chi connectivity index (χ3v) is 7.26. The first-order valence-corrected chi connectivity index (χ1v) is 13.0. The molecule has 0 fully saturated rings. The Morgan fingerprint density at radius 2 is 1.79 bits per heavy atom. The van der Waals surface area contributed by atoms with Crippen LogP contribution >= 0.6 is 11.8 Å². The van der Waals surface area contributed by atoms with Gasteiger partial charge in [-0.15, -0.1) is 0 Å². The Bertz CT molecular complexity index is 1220. The van der Waals surface area contributed by atoms with Gasteiger partial charge in [0.05, 0.1) is 12.0 Å². The first kappa shape index (κ1) is 24.5. The Hall–Kier alpha value is -3.17. The zero-order chi connectivity index (χ0) is 23.8. The summed E-state index contributed by atoms with van der Waals surface area (Å²) in [7, 11) is -2.61. The van der Waals surface area contributed by atoms with E-state index in [1.165, 1.54) is 37.6 Å². The molecule has 1 aromatic heterocycles. The molecular weight excluding hydrogens is 460 g/mol. The molecule has 172 valence electrons. The lowest BCUT2D eigenvalue weighted by Gasteiger charge is -2.18. The van der Waals surface area contributed by atoms with Crippen LogP contribution in [0, 0.1) is 0 Å². The average molecular weight is 485 g/mol. The van der Waals surface area contributed by atoms with Crippen molar-refractivity contribution in [2.75, 3.05) is 19.1 Å². The lowest BCUT2D eigenvalue weighted by molar-refractivity contribution is -0.142. The van der Waals surface area contributed by atoms with Gasteiger partial charge >= 0.3 is 5.97 Å². The summed E-state index contributed by atoms with van der Waals surface area (Å²) >= 11 is 1.55. The Labute approximate surface area is 197 Å². The van der Waals surface area contributed by atoms with Crippen LogP contribution in [0.5, 0.6) is 0 Å². The number of nitrogens with zero attached hydrogens (tertiary/aromatic N) is 1. The predicted octanol–water partition coefficient (Wildman–Crippen LogP) is 3.61. The molecule has 1 N–H and O–H groups in total. The summed E-state index contributed by atoms with van der Waals surface area (Å²) < 4.78 is 31.0. The number of methoxy groups -OCH3 is 1. The van der Waals surface area contributed by atoms with Gasteiger partial charge in [0.2, 0.25) is 9.84 Å². The van der Waals surface area contributed by atoms with Crippen LogP contribution in [0.2, 0.25) is 0 Å². The monoisotopic (exact) mass is 484 g/mol. The number of carbonyl (C=O) groups excluding carboxylic acids is 2. The van der Waals surface area contributed by atoms with Crippen molar-refractivity contribution < 1.29 is 22.7 Å². The quantitative estimate of drug-likeness (QED) is 0.463. The van der Waals surface area contributed by atoms with E-state index in [0.29, 0.717) is 23.3 Å². The fourth-order valence-corrected chi connectivity index (χ4v) is 4.93. The fourth-order valence-electron chi connectivity index (χ4n) is 3.23. The molecule has 0 unspecified atom stereocenters. The molecule has 9 heteroatoms. The molecule has 3 rings (SSSR count). The molecule has 1 amide bonds. The third kappa shape index (κ3) is 5.80. The number of pyridine rings is 1. The molecule has 0 aliphatic carbocycles. The summed E-state index contributed by atoms with van der Waals surface area (Å²) in [6, 6.07) is 17.1. The number of carbonyl (C=O) groups is 2. The number of aromatic nitrogens is 1. The van der Waals surface area contributed by atoms with Gasteiger partial charge in [-0.3, -0.25) is 4.79 Å². The molecule has 1 heterocycles. The van der Waals surface area contributed by atoms with Gasteiger partial charge in [0.1, 0.15) is 6.04 Å². The molecule has 0 aliphatic heterocycles. The van der Waals surface area contributed by atoms with E-state index in [0.717, 1.165) is 0 Å². The van der Waals surface area contributed by atoms with Crippen molar-refractivity contribution in [3.63, 3.8) is 0 Å². The average Bonchev–Trinajstić information content (AvgIpc) is 2.86. The zero-order valence-electron chi connectivity index (χ0n) is 18.2. The molecule has 0 saturated carbocycles. The summed E-state index contributed by atoms with van der Waals surface area (Å²) in [6.07, 6.45) is 3.73. The van der Waals surface area contributed by atoms with Crippen molar-refractivity contribution in [3.8, 4) is 11.1 Å². The smallest absolute Gasteiger partial charge is 0.328 e. The number of thioether (sulfide) groups is 1. The minimum Gasteiger partial charge on any atom is -0.467 e. The van der Waals surface area contributed by atoms with E-state index in [-0.39, 0.29) is 15.5 Å². The maximum atomic E-state index is 13.2. The molecule has 0 aliphatic rings. The van der Waals surface area contributed by atoms with Gasteiger partial charge in [-0.2, -0.15) is 11.8 Å². The molecule has 33 heavy (non-hydrogen) atoms. The summed E-state index contributed by atoms with van der Waals surface area (Å²) in [6.45, 7) is 0. The second-order valence-electron chi connectivity index (χ2n) is 7.08. The van der Waals surface area contributed by atoms with Gasteiger partial charge in [0.15, 0.2) is 5.03 Å². The number of benzene rings is 2. The topological polar surface area (TPSA) is 102 Å². The molecule has 0 radical (unpaired) electrons. The maximum Gasteiger partial charge on any atom is 0.328 e. The van der Waals surface area contributed by atoms with Crippen LogP contribution in [0.15, 0.2) is 82.8 Å². The fraction of sp³-hybridized carbons (Fsp3) is 0.208. The third-order valence-electron chi connectivity index (χ3n) is 4.95. The van der Waals surface area contributed by atoms with Gasteiger partial charge < -0.3 is 10.1 Å². The van der Waals surface area contributed by atoms with Gasteiger partial charge in [-0.25, -0.2) is 18.2 Å². The molecule has 7 nitrogen and oxygen atoms in total. The number of hydrogen-bond donors (Lipinski definition) is 1. The van der Waals surface area contributed by atoms with Crippen LogP contribution in [-0.4, -0.2) is 50.4 Å². The number of hydrogen-bond acceptors (Lipinski definition) is 7. The van der Waals surface area contributed by atoms with E-state index in [1.54, 1.807) is 48.2 Å². The summed E-state index contributed by atoms with van der Waals surface area (Å²) in [5, 5.41) is 2.65. The van der Waals surface area contributed by atoms with E-state index in [1.807, 2.05) is 12.3 Å². The minimum atomic E-state index is -3.88. The SMILES string of the molecule is COC(=O)[C@H](CCSC)NC(=O)c1ccc(S(=O)(=O)c2ccccn2)cc1-c1ccccc1. The van der Waals surface area contributed by atoms with Crippen LogP contribution in [-0.2, 0) is 19.4 Å². The highest BCUT2D eigenvalue weighted by atomic mass is 32.2. The van der Waals surface area contributed by atoms with Gasteiger partial charge in [0, 0.05) is 11.8 Å². The molecule has 3 aromatic rings. The van der Waals surface area contributed by atoms with Gasteiger partial charge in [0.25, 0.3) is 5.91 Å². The van der Waals surface area contributed by atoms with Crippen LogP contribution in [0.4, 0.5) is 0 Å². The molecule has 0 bridgehead atoms. The minimum absolute atomic E-state index is 0.0171. The lowest BCUT2D eigenvalue weighted by Crippen LogP contribution is -2.42. The van der Waals surface area contributed by atoms with E-state index < -0.39 is 27.8 Å². The van der Waals surface area contributed by atoms with E-state index in [9.17, 15) is 18.0 Å². The number of sulfone groups is 1. The van der Waals surface area contributed by atoms with Crippen LogP contribution < -0.4 is 5.32 Å². The number of amides is 1. The van der Waals surface area contributed by atoms with Crippen molar-refractivity contribution >= 4 is 33.5 Å². The Kier molecular flexibility index (Phi) is 8.24. The van der Waals surface area contributed by atoms with Gasteiger partial charge in [-0.05, 0) is 59.9 Å². The largest absolute Gasteiger partial charge is 0.467 e. The normalized spacial score (nSPS) is 12.1. The molecule has 1 atom stereocenters. The summed E-state index contributed by atoms with van der Waals surface area (Å²) in [5.41, 5.74) is 1.34. The van der Waals surface area contributed by atoms with Crippen LogP contribution in [0.25, 0.3) is 11.1 Å². The summed E-state index contributed by atoms with van der Waals surface area (Å²) in [5.74, 6) is -0.368. The standard InChI is InChI=1S/C24H24N2O5S2/c1-31-24(28)21(13-15-32-2)26-23(27)19-12-11-18(16-20(19)17-8-4-3-5-9-17)33(29,30)22-10-6-7-14-25-22/h3-12,14,16,21H,13,15H2,1-2H3,(H,26,27)/t21-/m0/s1. The second kappa shape index (κ2) is 11.1. The second-order valence-corrected chi connectivity index (χ2v) is 9.96. The number of esters is 1. The number of rotatable bonds is 9. The van der Waals surface area contributed by atoms with Gasteiger partial charge in [-0.1, -0.05) is 36.4 Å². The predicted molar refractivity (Wildman–Crippen MR) is 128 cm³/mol.